The lowest BCUT2D eigenvalue weighted by molar-refractivity contribution is 0.0392. The van der Waals surface area contributed by atoms with Crippen molar-refractivity contribution in [2.75, 3.05) is 33.4 Å². The molecule has 0 radical (unpaired) electrons. The predicted octanol–water partition coefficient (Wildman–Crippen LogP) is 1.85. The van der Waals surface area contributed by atoms with Crippen molar-refractivity contribution >= 4 is 11.7 Å². The number of fused-ring (bicyclic) bond motifs is 1. The lowest BCUT2D eigenvalue weighted by Gasteiger charge is -2.31. The zero-order chi connectivity index (χ0) is 21.6. The van der Waals surface area contributed by atoms with Gasteiger partial charge in [0.05, 0.1) is 0 Å². The van der Waals surface area contributed by atoms with Crippen LogP contribution in [0.25, 0.3) is 5.78 Å². The molecule has 1 fully saturated rings. The Balaban J connectivity index is 1.27. The minimum Gasteiger partial charge on any atom is -0.492 e. The Morgan fingerprint density at radius 1 is 1.32 bits per heavy atom. The number of hydrogen-bond donors (Lipinski definition) is 1. The average Bonchev–Trinajstić information content (AvgIpc) is 3.24. The van der Waals surface area contributed by atoms with Gasteiger partial charge in [-0.2, -0.15) is 4.98 Å². The summed E-state index contributed by atoms with van der Waals surface area (Å²) in [7, 11) is 2.13. The number of likely N-dealkylation sites (N-methyl/N-ethyl adjacent to an activating group) is 1. The van der Waals surface area contributed by atoms with Crippen LogP contribution >= 0.6 is 0 Å². The molecular formula is C22H28N6O3. The molecule has 0 bridgehead atoms. The zero-order valence-electron chi connectivity index (χ0n) is 18.0. The molecule has 1 aromatic carbocycles. The summed E-state index contributed by atoms with van der Waals surface area (Å²) in [5, 5.41) is 7.09. The smallest absolute Gasteiger partial charge is 0.291 e. The second-order valence-electron chi connectivity index (χ2n) is 7.74. The minimum atomic E-state index is -0.339. The first-order chi connectivity index (χ1) is 15.1. The van der Waals surface area contributed by atoms with E-state index in [1.807, 2.05) is 37.3 Å². The number of carbonyl (C=O) groups excluding carboxylic acids is 1. The highest BCUT2D eigenvalue weighted by Crippen LogP contribution is 2.15. The number of aryl methyl sites for hydroxylation is 1. The van der Waals surface area contributed by atoms with Crippen molar-refractivity contribution < 1.29 is 14.3 Å². The molecule has 2 aromatic heterocycles. The van der Waals surface area contributed by atoms with Crippen LogP contribution in [0.1, 0.15) is 34.7 Å². The van der Waals surface area contributed by atoms with Gasteiger partial charge in [-0.3, -0.25) is 9.69 Å². The molecular weight excluding hydrogens is 396 g/mol. The second-order valence-corrected chi connectivity index (χ2v) is 7.74. The molecule has 0 saturated carbocycles. The van der Waals surface area contributed by atoms with Crippen LogP contribution < -0.4 is 10.1 Å². The molecule has 1 saturated heterocycles. The summed E-state index contributed by atoms with van der Waals surface area (Å²) >= 11 is 0. The van der Waals surface area contributed by atoms with Gasteiger partial charge in [0.1, 0.15) is 12.4 Å². The van der Waals surface area contributed by atoms with E-state index < -0.39 is 0 Å². The number of nitrogens with zero attached hydrogens (tertiary/aromatic N) is 5. The summed E-state index contributed by atoms with van der Waals surface area (Å²) in [6, 6.07) is 10.1. The fourth-order valence-corrected chi connectivity index (χ4v) is 3.63. The fraction of sp³-hybridized carbons (Fsp3) is 0.455. The Kier molecular flexibility index (Phi) is 6.73. The van der Waals surface area contributed by atoms with Gasteiger partial charge < -0.3 is 14.8 Å². The molecule has 4 rings (SSSR count). The molecule has 9 nitrogen and oxygen atoms in total. The Bertz CT molecular complexity index is 1030. The second kappa shape index (κ2) is 9.84. The van der Waals surface area contributed by atoms with Crippen LogP contribution in [0.2, 0.25) is 0 Å². The Morgan fingerprint density at radius 2 is 2.16 bits per heavy atom. The normalized spacial score (nSPS) is 14.8. The van der Waals surface area contributed by atoms with E-state index in [4.69, 9.17) is 9.47 Å². The molecule has 0 spiro atoms. The van der Waals surface area contributed by atoms with Gasteiger partial charge >= 0.3 is 0 Å². The molecule has 0 aliphatic carbocycles. The first-order valence-electron chi connectivity index (χ1n) is 10.6. The number of benzene rings is 1. The van der Waals surface area contributed by atoms with Crippen LogP contribution in [0, 0.1) is 6.92 Å². The van der Waals surface area contributed by atoms with E-state index in [2.05, 4.69) is 32.3 Å². The standard InChI is InChI=1S/C22H28N6O3/c1-16-6-9-23-22-25-20(26-28(16)22)21(29)24-15-17-4-3-5-19(14-17)31-13-10-27(2)18-7-11-30-12-8-18/h3-6,9,14,18H,7-8,10-13,15H2,1-2H3,(H,24,29). The number of aromatic nitrogens is 4. The third-order valence-electron chi connectivity index (χ3n) is 5.51. The van der Waals surface area contributed by atoms with Crippen LogP contribution in [0.15, 0.2) is 36.5 Å². The SMILES string of the molecule is Cc1ccnc2nc(C(=O)NCc3cccc(OCCN(C)C4CCOCC4)c3)nn12. The van der Waals surface area contributed by atoms with Crippen LogP contribution in [0.3, 0.4) is 0 Å². The Morgan fingerprint density at radius 3 is 2.97 bits per heavy atom. The lowest BCUT2D eigenvalue weighted by atomic mass is 10.1. The number of nitrogens with one attached hydrogen (secondary N) is 1. The lowest BCUT2D eigenvalue weighted by Crippen LogP contribution is -2.38. The highest BCUT2D eigenvalue weighted by molar-refractivity contribution is 5.90. The number of rotatable bonds is 8. The topological polar surface area (TPSA) is 93.9 Å². The number of hydrogen-bond acceptors (Lipinski definition) is 7. The molecule has 1 N–H and O–H groups in total. The monoisotopic (exact) mass is 424 g/mol. The van der Waals surface area contributed by atoms with E-state index in [0.29, 0.717) is 25.0 Å². The molecule has 31 heavy (non-hydrogen) atoms. The van der Waals surface area contributed by atoms with Gasteiger partial charge in [-0.1, -0.05) is 12.1 Å². The van der Waals surface area contributed by atoms with Crippen molar-refractivity contribution in [2.45, 2.75) is 32.4 Å². The Hall–Kier alpha value is -3.04. The molecule has 1 amide bonds. The van der Waals surface area contributed by atoms with Gasteiger partial charge in [-0.05, 0) is 50.6 Å². The molecule has 3 aromatic rings. The van der Waals surface area contributed by atoms with E-state index >= 15 is 0 Å². The van der Waals surface area contributed by atoms with E-state index in [1.165, 1.54) is 0 Å². The average molecular weight is 425 g/mol. The highest BCUT2D eigenvalue weighted by atomic mass is 16.5. The van der Waals surface area contributed by atoms with Crippen molar-refractivity contribution in [3.05, 3.63) is 53.6 Å². The number of ether oxygens (including phenoxy) is 2. The van der Waals surface area contributed by atoms with Gasteiger partial charge in [0.25, 0.3) is 11.7 Å². The van der Waals surface area contributed by atoms with Crippen molar-refractivity contribution in [1.29, 1.82) is 0 Å². The van der Waals surface area contributed by atoms with E-state index in [9.17, 15) is 4.79 Å². The predicted molar refractivity (Wildman–Crippen MR) is 115 cm³/mol. The maximum Gasteiger partial charge on any atom is 0.291 e. The van der Waals surface area contributed by atoms with E-state index in [1.54, 1.807) is 10.7 Å². The first-order valence-corrected chi connectivity index (χ1v) is 10.6. The Labute approximate surface area is 181 Å². The molecule has 164 valence electrons. The number of amides is 1. The third kappa shape index (κ3) is 5.36. The summed E-state index contributed by atoms with van der Waals surface area (Å²) in [4.78, 5) is 23.1. The summed E-state index contributed by atoms with van der Waals surface area (Å²) < 4.78 is 12.9. The van der Waals surface area contributed by atoms with Crippen LogP contribution in [-0.2, 0) is 11.3 Å². The molecule has 3 heterocycles. The molecule has 0 atom stereocenters. The summed E-state index contributed by atoms with van der Waals surface area (Å²) in [5.41, 5.74) is 1.81. The summed E-state index contributed by atoms with van der Waals surface area (Å²) in [6.07, 6.45) is 3.79. The maximum atomic E-state index is 12.5. The fourth-order valence-electron chi connectivity index (χ4n) is 3.63. The van der Waals surface area contributed by atoms with Crippen molar-refractivity contribution in [1.82, 2.24) is 29.8 Å². The summed E-state index contributed by atoms with van der Waals surface area (Å²) in [5.74, 6) is 0.962. The van der Waals surface area contributed by atoms with Crippen molar-refractivity contribution in [3.63, 3.8) is 0 Å². The third-order valence-corrected chi connectivity index (χ3v) is 5.51. The van der Waals surface area contributed by atoms with Crippen LogP contribution in [-0.4, -0.2) is 69.8 Å². The maximum absolute atomic E-state index is 12.5. The zero-order valence-corrected chi connectivity index (χ0v) is 18.0. The molecule has 1 aliphatic heterocycles. The highest BCUT2D eigenvalue weighted by Gasteiger charge is 2.18. The van der Waals surface area contributed by atoms with Crippen LogP contribution in [0.4, 0.5) is 0 Å². The van der Waals surface area contributed by atoms with E-state index in [-0.39, 0.29) is 11.7 Å². The minimum absolute atomic E-state index is 0.102. The molecule has 0 unspecified atom stereocenters. The van der Waals surface area contributed by atoms with Crippen molar-refractivity contribution in [3.8, 4) is 5.75 Å². The van der Waals surface area contributed by atoms with Gasteiger partial charge in [0.15, 0.2) is 0 Å². The van der Waals surface area contributed by atoms with Gasteiger partial charge in [0, 0.05) is 44.2 Å². The van der Waals surface area contributed by atoms with Crippen LogP contribution in [0.5, 0.6) is 5.75 Å². The quantitative estimate of drug-likeness (QED) is 0.590. The summed E-state index contributed by atoms with van der Waals surface area (Å²) in [6.45, 7) is 5.39. The van der Waals surface area contributed by atoms with Crippen molar-refractivity contribution in [2.24, 2.45) is 0 Å². The molecule has 9 heteroatoms. The van der Waals surface area contributed by atoms with E-state index in [0.717, 1.165) is 49.6 Å². The first kappa shape index (κ1) is 21.2. The van der Waals surface area contributed by atoms with Gasteiger partial charge in [0.2, 0.25) is 5.82 Å². The largest absolute Gasteiger partial charge is 0.492 e. The molecule has 1 aliphatic rings. The van der Waals surface area contributed by atoms with Gasteiger partial charge in [-0.15, -0.1) is 5.10 Å². The number of carbonyl (C=O) groups is 1. The van der Waals surface area contributed by atoms with Gasteiger partial charge in [-0.25, -0.2) is 9.50 Å².